The standard InChI is InChI=1S/C20H24BrN/c1-18(2)15-9-7-13(17-10-8-14(21)12-22-17)11-16(15)19(3,4)20(18,5)6/h7-12H,1-6H3. The van der Waals surface area contributed by atoms with Crippen molar-refractivity contribution < 1.29 is 0 Å². The molecule has 0 saturated heterocycles. The van der Waals surface area contributed by atoms with Crippen LogP contribution >= 0.6 is 15.9 Å². The first kappa shape index (κ1) is 15.7. The van der Waals surface area contributed by atoms with Gasteiger partial charge in [-0.15, -0.1) is 0 Å². The Morgan fingerprint density at radius 3 is 2.05 bits per heavy atom. The van der Waals surface area contributed by atoms with Crippen molar-refractivity contribution in [3.05, 3.63) is 52.1 Å². The monoisotopic (exact) mass is 357 g/mol. The number of aromatic nitrogens is 1. The van der Waals surface area contributed by atoms with Crippen LogP contribution in [0.2, 0.25) is 0 Å². The van der Waals surface area contributed by atoms with E-state index in [-0.39, 0.29) is 16.2 Å². The van der Waals surface area contributed by atoms with Gasteiger partial charge in [0.1, 0.15) is 0 Å². The first-order valence-corrected chi connectivity index (χ1v) is 8.65. The van der Waals surface area contributed by atoms with Crippen molar-refractivity contribution in [2.75, 3.05) is 0 Å². The average molecular weight is 358 g/mol. The fourth-order valence-electron chi connectivity index (χ4n) is 3.77. The molecular weight excluding hydrogens is 334 g/mol. The number of benzene rings is 1. The molecule has 1 heterocycles. The molecule has 0 radical (unpaired) electrons. The maximum Gasteiger partial charge on any atom is 0.0702 e. The highest BCUT2D eigenvalue weighted by Gasteiger charge is 2.56. The number of pyridine rings is 1. The number of hydrogen-bond acceptors (Lipinski definition) is 1. The van der Waals surface area contributed by atoms with E-state index in [1.807, 2.05) is 6.20 Å². The maximum absolute atomic E-state index is 4.55. The SMILES string of the molecule is CC1(C)c2ccc(-c3ccc(Br)cn3)cc2C(C)(C)C1(C)C. The molecule has 1 aromatic heterocycles. The number of fused-ring (bicyclic) bond motifs is 1. The number of rotatable bonds is 1. The van der Waals surface area contributed by atoms with Gasteiger partial charge < -0.3 is 0 Å². The van der Waals surface area contributed by atoms with E-state index in [0.717, 1.165) is 10.2 Å². The van der Waals surface area contributed by atoms with Gasteiger partial charge in [0.15, 0.2) is 0 Å². The van der Waals surface area contributed by atoms with Crippen LogP contribution in [0.5, 0.6) is 0 Å². The lowest BCUT2D eigenvalue weighted by atomic mass is 9.59. The summed E-state index contributed by atoms with van der Waals surface area (Å²) in [7, 11) is 0. The van der Waals surface area contributed by atoms with Gasteiger partial charge in [0.25, 0.3) is 0 Å². The zero-order chi connectivity index (χ0) is 16.3. The lowest BCUT2D eigenvalue weighted by molar-refractivity contribution is 0.125. The summed E-state index contributed by atoms with van der Waals surface area (Å²) in [5, 5.41) is 0. The summed E-state index contributed by atoms with van der Waals surface area (Å²) in [5.74, 6) is 0. The summed E-state index contributed by atoms with van der Waals surface area (Å²) in [4.78, 5) is 4.55. The third-order valence-corrected chi connectivity index (χ3v) is 6.98. The van der Waals surface area contributed by atoms with Crippen molar-refractivity contribution in [1.29, 1.82) is 0 Å². The van der Waals surface area contributed by atoms with Gasteiger partial charge >= 0.3 is 0 Å². The molecule has 1 aromatic carbocycles. The van der Waals surface area contributed by atoms with E-state index in [1.54, 1.807) is 0 Å². The minimum Gasteiger partial charge on any atom is -0.255 e. The van der Waals surface area contributed by atoms with Gasteiger partial charge in [-0.25, -0.2) is 0 Å². The van der Waals surface area contributed by atoms with E-state index in [9.17, 15) is 0 Å². The Morgan fingerprint density at radius 2 is 1.45 bits per heavy atom. The van der Waals surface area contributed by atoms with Crippen LogP contribution in [0.25, 0.3) is 11.3 Å². The fraction of sp³-hybridized carbons (Fsp3) is 0.450. The van der Waals surface area contributed by atoms with E-state index < -0.39 is 0 Å². The molecule has 1 aliphatic carbocycles. The van der Waals surface area contributed by atoms with E-state index in [1.165, 1.54) is 16.7 Å². The van der Waals surface area contributed by atoms with Gasteiger partial charge in [0, 0.05) is 16.2 Å². The predicted molar refractivity (Wildman–Crippen MR) is 97.2 cm³/mol. The second kappa shape index (κ2) is 4.67. The fourth-order valence-corrected chi connectivity index (χ4v) is 4.00. The minimum atomic E-state index is 0.136. The molecule has 1 aliphatic rings. The van der Waals surface area contributed by atoms with Crippen molar-refractivity contribution in [1.82, 2.24) is 4.98 Å². The molecule has 0 unspecified atom stereocenters. The average Bonchev–Trinajstić information content (AvgIpc) is 2.56. The lowest BCUT2D eigenvalue weighted by Crippen LogP contribution is -2.42. The minimum absolute atomic E-state index is 0.136. The van der Waals surface area contributed by atoms with Crippen LogP contribution in [-0.2, 0) is 10.8 Å². The van der Waals surface area contributed by atoms with Crippen molar-refractivity contribution in [3.63, 3.8) is 0 Å². The second-order valence-electron chi connectivity index (χ2n) is 8.00. The Morgan fingerprint density at radius 1 is 0.818 bits per heavy atom. The van der Waals surface area contributed by atoms with Crippen LogP contribution in [0.15, 0.2) is 41.0 Å². The largest absolute Gasteiger partial charge is 0.255 e. The molecule has 0 spiro atoms. The molecule has 2 heteroatoms. The first-order valence-electron chi connectivity index (χ1n) is 7.86. The quantitative estimate of drug-likeness (QED) is 0.600. The Bertz CT molecular complexity index is 724. The summed E-state index contributed by atoms with van der Waals surface area (Å²) < 4.78 is 1.01. The molecule has 0 N–H and O–H groups in total. The Balaban J connectivity index is 2.19. The van der Waals surface area contributed by atoms with Crippen LogP contribution < -0.4 is 0 Å². The van der Waals surface area contributed by atoms with Gasteiger partial charge in [-0.3, -0.25) is 4.98 Å². The molecule has 0 saturated carbocycles. The smallest absolute Gasteiger partial charge is 0.0702 e. The van der Waals surface area contributed by atoms with Crippen LogP contribution in [0.3, 0.4) is 0 Å². The third kappa shape index (κ3) is 1.93. The molecule has 1 nitrogen and oxygen atoms in total. The Kier molecular flexibility index (Phi) is 3.34. The zero-order valence-electron chi connectivity index (χ0n) is 14.3. The predicted octanol–water partition coefficient (Wildman–Crippen LogP) is 6.11. The highest BCUT2D eigenvalue weighted by atomic mass is 79.9. The summed E-state index contributed by atoms with van der Waals surface area (Å²) in [5.41, 5.74) is 5.67. The normalized spacial score (nSPS) is 20.7. The molecule has 3 rings (SSSR count). The highest BCUT2D eigenvalue weighted by Crippen LogP contribution is 2.61. The number of halogens is 1. The molecule has 0 fully saturated rings. The van der Waals surface area contributed by atoms with Crippen molar-refractivity contribution >= 4 is 15.9 Å². The summed E-state index contributed by atoms with van der Waals surface area (Å²) in [6.45, 7) is 14.3. The van der Waals surface area contributed by atoms with Crippen LogP contribution in [-0.4, -0.2) is 4.98 Å². The van der Waals surface area contributed by atoms with Gasteiger partial charge in [0.2, 0.25) is 0 Å². The Labute approximate surface area is 142 Å². The third-order valence-electron chi connectivity index (χ3n) is 6.51. The number of hydrogen-bond donors (Lipinski definition) is 0. The van der Waals surface area contributed by atoms with Crippen molar-refractivity contribution in [2.24, 2.45) is 5.41 Å². The molecular formula is C20H24BrN. The summed E-state index contributed by atoms with van der Waals surface area (Å²) >= 11 is 3.45. The molecule has 0 bridgehead atoms. The highest BCUT2D eigenvalue weighted by molar-refractivity contribution is 9.10. The first-order chi connectivity index (χ1) is 10.1. The van der Waals surface area contributed by atoms with Crippen LogP contribution in [0.1, 0.15) is 52.7 Å². The molecule has 0 atom stereocenters. The van der Waals surface area contributed by atoms with E-state index in [4.69, 9.17) is 0 Å². The van der Waals surface area contributed by atoms with Gasteiger partial charge in [-0.1, -0.05) is 53.7 Å². The van der Waals surface area contributed by atoms with E-state index in [0.29, 0.717) is 0 Å². The topological polar surface area (TPSA) is 12.9 Å². The summed E-state index contributed by atoms with van der Waals surface area (Å²) in [6, 6.07) is 11.0. The molecule has 0 aliphatic heterocycles. The van der Waals surface area contributed by atoms with Gasteiger partial charge in [-0.05, 0) is 61.5 Å². The molecule has 22 heavy (non-hydrogen) atoms. The molecule has 116 valence electrons. The van der Waals surface area contributed by atoms with Crippen LogP contribution in [0, 0.1) is 5.41 Å². The number of nitrogens with zero attached hydrogens (tertiary/aromatic N) is 1. The second-order valence-corrected chi connectivity index (χ2v) is 8.91. The summed E-state index contributed by atoms with van der Waals surface area (Å²) in [6.07, 6.45) is 1.86. The van der Waals surface area contributed by atoms with Gasteiger partial charge in [-0.2, -0.15) is 0 Å². The maximum atomic E-state index is 4.55. The van der Waals surface area contributed by atoms with Crippen LogP contribution in [0.4, 0.5) is 0 Å². The van der Waals surface area contributed by atoms with E-state index in [2.05, 4.69) is 92.8 Å². The van der Waals surface area contributed by atoms with Crippen molar-refractivity contribution in [3.8, 4) is 11.3 Å². The zero-order valence-corrected chi connectivity index (χ0v) is 15.9. The Hall–Kier alpha value is -1.15. The lowest BCUT2D eigenvalue weighted by Gasteiger charge is -2.44. The van der Waals surface area contributed by atoms with Gasteiger partial charge in [0.05, 0.1) is 5.69 Å². The van der Waals surface area contributed by atoms with Crippen molar-refractivity contribution in [2.45, 2.75) is 52.4 Å². The molecule has 2 aromatic rings. The van der Waals surface area contributed by atoms with E-state index >= 15 is 0 Å². The molecule has 0 amide bonds.